The molecule has 0 bridgehead atoms. The molecule has 27 heavy (non-hydrogen) atoms. The number of hydrogen-bond donors (Lipinski definition) is 1. The van der Waals surface area contributed by atoms with Crippen LogP contribution in [0.1, 0.15) is 37.7 Å². The Morgan fingerprint density at radius 1 is 1.07 bits per heavy atom. The van der Waals surface area contributed by atoms with Crippen molar-refractivity contribution in [1.82, 2.24) is 4.57 Å². The molecule has 0 aliphatic heterocycles. The SMILES string of the molecule is Cc1cc(C(=O)C[n+]2cccc(C(N)=O)c2)c(C)n1CCc1ccccc1. The van der Waals surface area contributed by atoms with Crippen LogP contribution < -0.4 is 10.3 Å². The molecule has 3 aromatic rings. The lowest BCUT2D eigenvalue weighted by molar-refractivity contribution is -0.683. The Balaban J connectivity index is 1.76. The van der Waals surface area contributed by atoms with E-state index in [2.05, 4.69) is 16.7 Å². The van der Waals surface area contributed by atoms with E-state index in [4.69, 9.17) is 5.73 Å². The number of benzene rings is 1. The third kappa shape index (κ3) is 4.31. The number of hydrogen-bond acceptors (Lipinski definition) is 2. The molecule has 0 saturated carbocycles. The van der Waals surface area contributed by atoms with Gasteiger partial charge >= 0.3 is 0 Å². The van der Waals surface area contributed by atoms with Gasteiger partial charge in [-0.05, 0) is 38.0 Å². The number of Topliss-reactive ketones (excluding diaryl/α,β-unsaturated/α-hetero) is 1. The Hall–Kier alpha value is -3.21. The highest BCUT2D eigenvalue weighted by Gasteiger charge is 2.19. The molecule has 0 fully saturated rings. The van der Waals surface area contributed by atoms with Crippen molar-refractivity contribution < 1.29 is 14.2 Å². The quantitative estimate of drug-likeness (QED) is 0.518. The highest BCUT2D eigenvalue weighted by molar-refractivity contribution is 5.96. The predicted octanol–water partition coefficient (Wildman–Crippen LogP) is 2.62. The molecule has 0 atom stereocenters. The van der Waals surface area contributed by atoms with Crippen LogP contribution in [0.4, 0.5) is 0 Å². The first-order valence-electron chi connectivity index (χ1n) is 8.98. The first-order chi connectivity index (χ1) is 13.0. The van der Waals surface area contributed by atoms with Crippen molar-refractivity contribution in [3.8, 4) is 0 Å². The number of ketones is 1. The summed E-state index contributed by atoms with van der Waals surface area (Å²) < 4.78 is 3.88. The van der Waals surface area contributed by atoms with Crippen LogP contribution in [0.5, 0.6) is 0 Å². The zero-order chi connectivity index (χ0) is 19.4. The van der Waals surface area contributed by atoms with Gasteiger partial charge in [0.15, 0.2) is 12.4 Å². The van der Waals surface area contributed by atoms with Crippen LogP contribution in [0.3, 0.4) is 0 Å². The average Bonchev–Trinajstić information content (AvgIpc) is 2.95. The van der Waals surface area contributed by atoms with E-state index in [1.54, 1.807) is 29.1 Å². The molecule has 1 aromatic carbocycles. The molecule has 5 heteroatoms. The Morgan fingerprint density at radius 2 is 1.81 bits per heavy atom. The van der Waals surface area contributed by atoms with Crippen LogP contribution >= 0.6 is 0 Å². The van der Waals surface area contributed by atoms with Gasteiger partial charge in [-0.15, -0.1) is 0 Å². The van der Waals surface area contributed by atoms with Gasteiger partial charge in [0.1, 0.15) is 5.56 Å². The average molecular weight is 362 g/mol. The van der Waals surface area contributed by atoms with Gasteiger partial charge in [-0.1, -0.05) is 30.3 Å². The molecule has 0 saturated heterocycles. The van der Waals surface area contributed by atoms with Gasteiger partial charge in [-0.3, -0.25) is 9.59 Å². The molecule has 0 spiro atoms. The maximum Gasteiger partial charge on any atom is 0.254 e. The second-order valence-electron chi connectivity index (χ2n) is 6.72. The van der Waals surface area contributed by atoms with Gasteiger partial charge < -0.3 is 10.3 Å². The molecule has 0 unspecified atom stereocenters. The fraction of sp³-hybridized carbons (Fsp3) is 0.227. The van der Waals surface area contributed by atoms with Crippen molar-refractivity contribution in [2.75, 3.05) is 0 Å². The molecule has 2 heterocycles. The number of primary amides is 1. The zero-order valence-corrected chi connectivity index (χ0v) is 15.7. The van der Waals surface area contributed by atoms with Crippen LogP contribution in [0.25, 0.3) is 0 Å². The van der Waals surface area contributed by atoms with Crippen molar-refractivity contribution in [3.63, 3.8) is 0 Å². The van der Waals surface area contributed by atoms with E-state index in [0.29, 0.717) is 5.56 Å². The van der Waals surface area contributed by atoms with Crippen molar-refractivity contribution >= 4 is 11.7 Å². The minimum absolute atomic E-state index is 0.0145. The van der Waals surface area contributed by atoms with Gasteiger partial charge in [-0.25, -0.2) is 0 Å². The van der Waals surface area contributed by atoms with E-state index in [9.17, 15) is 9.59 Å². The van der Waals surface area contributed by atoms with Crippen molar-refractivity contribution in [2.45, 2.75) is 33.4 Å². The smallest absolute Gasteiger partial charge is 0.254 e. The van der Waals surface area contributed by atoms with Crippen molar-refractivity contribution in [3.05, 3.63) is 89.0 Å². The lowest BCUT2D eigenvalue weighted by Crippen LogP contribution is -2.38. The lowest BCUT2D eigenvalue weighted by atomic mass is 10.1. The van der Waals surface area contributed by atoms with Crippen LogP contribution in [0, 0.1) is 13.8 Å². The molecule has 0 aliphatic rings. The number of nitrogens with zero attached hydrogens (tertiary/aromatic N) is 2. The number of pyridine rings is 1. The molecular formula is C22H24N3O2+. The topological polar surface area (TPSA) is 69.0 Å². The summed E-state index contributed by atoms with van der Waals surface area (Å²) in [6.07, 6.45) is 4.29. The first kappa shape index (κ1) is 18.6. The fourth-order valence-corrected chi connectivity index (χ4v) is 3.33. The van der Waals surface area contributed by atoms with E-state index in [-0.39, 0.29) is 12.3 Å². The van der Waals surface area contributed by atoms with Crippen molar-refractivity contribution in [1.29, 1.82) is 0 Å². The van der Waals surface area contributed by atoms with Gasteiger partial charge in [0.05, 0.1) is 0 Å². The van der Waals surface area contributed by atoms with Crippen LogP contribution in [-0.2, 0) is 19.5 Å². The highest BCUT2D eigenvalue weighted by atomic mass is 16.1. The highest BCUT2D eigenvalue weighted by Crippen LogP contribution is 2.17. The van der Waals surface area contributed by atoms with Crippen LogP contribution in [0.15, 0.2) is 60.9 Å². The molecule has 138 valence electrons. The number of carbonyl (C=O) groups excluding carboxylic acids is 2. The molecular weight excluding hydrogens is 338 g/mol. The van der Waals surface area contributed by atoms with Gasteiger partial charge in [0, 0.05) is 29.6 Å². The Kier molecular flexibility index (Phi) is 5.50. The van der Waals surface area contributed by atoms with E-state index in [0.717, 1.165) is 29.9 Å². The molecule has 0 aliphatic carbocycles. The number of aryl methyl sites for hydroxylation is 2. The summed E-state index contributed by atoms with van der Waals surface area (Å²) in [6, 6.07) is 15.6. The van der Waals surface area contributed by atoms with Crippen LogP contribution in [0.2, 0.25) is 0 Å². The van der Waals surface area contributed by atoms with Gasteiger partial charge in [-0.2, -0.15) is 4.57 Å². The normalized spacial score (nSPS) is 10.7. The summed E-state index contributed by atoms with van der Waals surface area (Å²) in [7, 11) is 0. The first-order valence-corrected chi connectivity index (χ1v) is 8.98. The summed E-state index contributed by atoms with van der Waals surface area (Å²) in [4.78, 5) is 24.1. The summed E-state index contributed by atoms with van der Waals surface area (Å²) in [5, 5.41) is 0. The number of carbonyl (C=O) groups is 2. The monoisotopic (exact) mass is 362 g/mol. The second-order valence-corrected chi connectivity index (χ2v) is 6.72. The van der Waals surface area contributed by atoms with Crippen molar-refractivity contribution in [2.24, 2.45) is 5.73 Å². The Labute approximate surface area is 159 Å². The Morgan fingerprint density at radius 3 is 2.52 bits per heavy atom. The molecule has 3 rings (SSSR count). The predicted molar refractivity (Wildman–Crippen MR) is 104 cm³/mol. The van der Waals surface area contributed by atoms with E-state index < -0.39 is 5.91 Å². The number of amides is 1. The minimum atomic E-state index is -0.504. The summed E-state index contributed by atoms with van der Waals surface area (Å²) >= 11 is 0. The molecule has 1 amide bonds. The molecule has 0 radical (unpaired) electrons. The van der Waals surface area contributed by atoms with E-state index >= 15 is 0 Å². The zero-order valence-electron chi connectivity index (χ0n) is 15.7. The number of nitrogens with two attached hydrogens (primary N) is 1. The second kappa shape index (κ2) is 7.99. The summed E-state index contributed by atoms with van der Waals surface area (Å²) in [6.45, 7) is 5.01. The third-order valence-corrected chi connectivity index (χ3v) is 4.81. The standard InChI is InChI=1S/C22H23N3O2/c1-16-13-20(17(2)25(16)12-10-18-7-4-3-5-8-18)21(26)15-24-11-6-9-19(14-24)22(23)27/h3-9,11,13-14H,10,12,15H2,1-2H3,(H-,23,27)/p+1. The van der Waals surface area contributed by atoms with E-state index in [1.165, 1.54) is 5.56 Å². The van der Waals surface area contributed by atoms with Gasteiger partial charge in [0.25, 0.3) is 5.91 Å². The lowest BCUT2D eigenvalue weighted by Gasteiger charge is -2.09. The summed E-state index contributed by atoms with van der Waals surface area (Å²) in [5.74, 6) is -0.489. The largest absolute Gasteiger partial charge is 0.365 e. The number of rotatable bonds is 7. The van der Waals surface area contributed by atoms with Gasteiger partial charge in [0.2, 0.25) is 12.3 Å². The van der Waals surface area contributed by atoms with Crippen LogP contribution in [-0.4, -0.2) is 16.3 Å². The Bertz CT molecular complexity index is 974. The maximum absolute atomic E-state index is 12.8. The molecule has 2 N–H and O–H groups in total. The number of aromatic nitrogens is 2. The molecule has 5 nitrogen and oxygen atoms in total. The maximum atomic E-state index is 12.8. The third-order valence-electron chi connectivity index (χ3n) is 4.81. The van der Waals surface area contributed by atoms with E-state index in [1.807, 2.05) is 38.1 Å². The summed E-state index contributed by atoms with van der Waals surface area (Å²) in [5.41, 5.74) is 9.74. The minimum Gasteiger partial charge on any atom is -0.365 e. The molecule has 2 aromatic heterocycles. The fourth-order valence-electron chi connectivity index (χ4n) is 3.33.